The number of allylic oxidation sites excluding steroid dienone is 1. The van der Waals surface area contributed by atoms with Crippen LogP contribution in [0.2, 0.25) is 0 Å². The minimum atomic E-state index is -4.43. The van der Waals surface area contributed by atoms with Crippen LogP contribution in [0, 0.1) is 0 Å². The van der Waals surface area contributed by atoms with Crippen LogP contribution in [0.1, 0.15) is 12.8 Å². The molecule has 0 aromatic heterocycles. The number of nitrogens with zero attached hydrogens (tertiary/aromatic N) is 1. The number of aliphatic hydroxyl groups is 1. The molecule has 0 heterocycles. The molecule has 88 valence electrons. The number of amides is 1. The molecule has 3 nitrogen and oxygen atoms in total. The van der Waals surface area contributed by atoms with Crippen molar-refractivity contribution in [2.45, 2.75) is 19.0 Å². The monoisotopic (exact) mass is 225 g/mol. The lowest BCUT2D eigenvalue weighted by atomic mass is 10.2. The highest BCUT2D eigenvalue weighted by atomic mass is 19.4. The van der Waals surface area contributed by atoms with E-state index in [-0.39, 0.29) is 13.0 Å². The molecular formula is C9H14F3NO2. The molecule has 0 aromatic rings. The number of alkyl halides is 3. The van der Waals surface area contributed by atoms with Gasteiger partial charge >= 0.3 is 6.18 Å². The zero-order valence-corrected chi connectivity index (χ0v) is 8.26. The van der Waals surface area contributed by atoms with E-state index in [0.717, 1.165) is 0 Å². The van der Waals surface area contributed by atoms with Crippen molar-refractivity contribution in [2.24, 2.45) is 0 Å². The highest BCUT2D eigenvalue weighted by Gasteiger charge is 2.32. The molecule has 1 amide bonds. The lowest BCUT2D eigenvalue weighted by Crippen LogP contribution is -2.40. The molecule has 0 bridgehead atoms. The van der Waals surface area contributed by atoms with E-state index in [1.807, 2.05) is 0 Å². The summed E-state index contributed by atoms with van der Waals surface area (Å²) in [4.78, 5) is 11.8. The Labute approximate surface area is 86.2 Å². The predicted octanol–water partition coefficient (Wildman–Crippen LogP) is 1.34. The molecule has 0 saturated carbocycles. The van der Waals surface area contributed by atoms with E-state index in [2.05, 4.69) is 6.58 Å². The van der Waals surface area contributed by atoms with Crippen molar-refractivity contribution in [3.05, 3.63) is 12.7 Å². The molecule has 0 radical (unpaired) electrons. The van der Waals surface area contributed by atoms with Gasteiger partial charge in [0.05, 0.1) is 6.61 Å². The molecule has 0 aliphatic rings. The molecular weight excluding hydrogens is 211 g/mol. The van der Waals surface area contributed by atoms with Crippen molar-refractivity contribution in [1.29, 1.82) is 0 Å². The molecule has 0 rings (SSSR count). The van der Waals surface area contributed by atoms with Crippen LogP contribution in [0.15, 0.2) is 12.7 Å². The summed E-state index contributed by atoms with van der Waals surface area (Å²) < 4.78 is 36.0. The molecule has 15 heavy (non-hydrogen) atoms. The quantitative estimate of drug-likeness (QED) is 0.693. The molecule has 0 aliphatic heterocycles. The summed E-state index contributed by atoms with van der Waals surface area (Å²) >= 11 is 0. The van der Waals surface area contributed by atoms with Crippen molar-refractivity contribution in [1.82, 2.24) is 4.90 Å². The number of halogens is 3. The van der Waals surface area contributed by atoms with Gasteiger partial charge < -0.3 is 10.0 Å². The Hall–Kier alpha value is -1.04. The van der Waals surface area contributed by atoms with E-state index >= 15 is 0 Å². The third kappa shape index (κ3) is 6.96. The summed E-state index contributed by atoms with van der Waals surface area (Å²) in [5.41, 5.74) is 0. The number of rotatable bonds is 6. The largest absolute Gasteiger partial charge is 0.406 e. The van der Waals surface area contributed by atoms with Crippen LogP contribution < -0.4 is 0 Å². The van der Waals surface area contributed by atoms with E-state index < -0.39 is 25.2 Å². The fourth-order valence-corrected chi connectivity index (χ4v) is 1.01. The summed E-state index contributed by atoms with van der Waals surface area (Å²) in [6.45, 7) is 1.28. The Kier molecular flexibility index (Phi) is 6.00. The van der Waals surface area contributed by atoms with Crippen LogP contribution in [0.3, 0.4) is 0 Å². The van der Waals surface area contributed by atoms with Crippen molar-refractivity contribution in [3.8, 4) is 0 Å². The topological polar surface area (TPSA) is 40.5 Å². The minimum Gasteiger partial charge on any atom is -0.395 e. The first-order valence-corrected chi connectivity index (χ1v) is 4.47. The number of carbonyl (C=O) groups excluding carboxylic acids is 1. The highest BCUT2D eigenvalue weighted by molar-refractivity contribution is 5.76. The highest BCUT2D eigenvalue weighted by Crippen LogP contribution is 2.17. The Morgan fingerprint density at radius 1 is 1.47 bits per heavy atom. The van der Waals surface area contributed by atoms with Gasteiger partial charge in [0.25, 0.3) is 0 Å². The van der Waals surface area contributed by atoms with E-state index in [4.69, 9.17) is 5.11 Å². The van der Waals surface area contributed by atoms with Gasteiger partial charge in [-0.2, -0.15) is 13.2 Å². The predicted molar refractivity (Wildman–Crippen MR) is 49.2 cm³/mol. The number of hydrogen-bond donors (Lipinski definition) is 1. The lowest BCUT2D eigenvalue weighted by Gasteiger charge is -2.22. The van der Waals surface area contributed by atoms with Crippen molar-refractivity contribution >= 4 is 5.91 Å². The molecule has 0 spiro atoms. The second-order valence-electron chi connectivity index (χ2n) is 2.98. The van der Waals surface area contributed by atoms with Crippen LogP contribution >= 0.6 is 0 Å². The normalized spacial score (nSPS) is 11.2. The standard InChI is InChI=1S/C9H14F3NO2/c1-2-3-4-8(15)13(5-6-14)7-9(10,11)12/h2,14H,1,3-7H2. The molecule has 0 aromatic carbocycles. The maximum absolute atomic E-state index is 12.0. The second kappa shape index (κ2) is 6.44. The van der Waals surface area contributed by atoms with Crippen LogP contribution in [0.4, 0.5) is 13.2 Å². The van der Waals surface area contributed by atoms with Gasteiger partial charge in [0.15, 0.2) is 0 Å². The zero-order valence-electron chi connectivity index (χ0n) is 8.26. The van der Waals surface area contributed by atoms with Gasteiger partial charge in [0, 0.05) is 13.0 Å². The van der Waals surface area contributed by atoms with E-state index in [9.17, 15) is 18.0 Å². The van der Waals surface area contributed by atoms with Crippen LogP contribution in [0.5, 0.6) is 0 Å². The van der Waals surface area contributed by atoms with Gasteiger partial charge in [-0.05, 0) is 6.42 Å². The fraction of sp³-hybridized carbons (Fsp3) is 0.667. The fourth-order valence-electron chi connectivity index (χ4n) is 1.01. The van der Waals surface area contributed by atoms with Crippen LogP contribution in [0.25, 0.3) is 0 Å². The van der Waals surface area contributed by atoms with Crippen LogP contribution in [-0.2, 0) is 4.79 Å². The van der Waals surface area contributed by atoms with Crippen molar-refractivity contribution < 1.29 is 23.1 Å². The third-order valence-corrected chi connectivity index (χ3v) is 1.66. The smallest absolute Gasteiger partial charge is 0.395 e. The molecule has 0 atom stereocenters. The Morgan fingerprint density at radius 3 is 2.47 bits per heavy atom. The van der Waals surface area contributed by atoms with E-state index in [1.54, 1.807) is 0 Å². The van der Waals surface area contributed by atoms with Gasteiger partial charge in [0.2, 0.25) is 5.91 Å². The first-order chi connectivity index (χ1) is 6.90. The second-order valence-corrected chi connectivity index (χ2v) is 2.98. The first kappa shape index (κ1) is 14.0. The maximum Gasteiger partial charge on any atom is 0.406 e. The Balaban J connectivity index is 4.24. The summed E-state index contributed by atoms with van der Waals surface area (Å²) in [6, 6.07) is 0. The lowest BCUT2D eigenvalue weighted by molar-refractivity contribution is -0.161. The first-order valence-electron chi connectivity index (χ1n) is 4.47. The molecule has 0 saturated heterocycles. The molecule has 1 N–H and O–H groups in total. The average Bonchev–Trinajstić information content (AvgIpc) is 2.11. The minimum absolute atomic E-state index is 0.0143. The van der Waals surface area contributed by atoms with E-state index in [1.165, 1.54) is 6.08 Å². The van der Waals surface area contributed by atoms with Gasteiger partial charge in [-0.25, -0.2) is 0 Å². The SMILES string of the molecule is C=CCCC(=O)N(CCO)CC(F)(F)F. The summed E-state index contributed by atoms with van der Waals surface area (Å²) in [6.07, 6.45) is -2.65. The number of aliphatic hydroxyl groups excluding tert-OH is 1. The average molecular weight is 225 g/mol. The van der Waals surface area contributed by atoms with Gasteiger partial charge in [-0.1, -0.05) is 6.08 Å². The Morgan fingerprint density at radius 2 is 2.07 bits per heavy atom. The summed E-state index contributed by atoms with van der Waals surface area (Å²) in [5.74, 6) is -0.624. The van der Waals surface area contributed by atoms with E-state index in [0.29, 0.717) is 11.3 Å². The number of hydrogen-bond acceptors (Lipinski definition) is 2. The number of carbonyl (C=O) groups is 1. The zero-order chi connectivity index (χ0) is 11.9. The third-order valence-electron chi connectivity index (χ3n) is 1.66. The van der Waals surface area contributed by atoms with Gasteiger partial charge in [0.1, 0.15) is 6.54 Å². The van der Waals surface area contributed by atoms with Gasteiger partial charge in [-0.3, -0.25) is 4.79 Å². The maximum atomic E-state index is 12.0. The summed E-state index contributed by atoms with van der Waals surface area (Å²) in [7, 11) is 0. The molecule has 6 heteroatoms. The van der Waals surface area contributed by atoms with Crippen molar-refractivity contribution in [3.63, 3.8) is 0 Å². The molecule has 0 aliphatic carbocycles. The van der Waals surface area contributed by atoms with Crippen molar-refractivity contribution in [2.75, 3.05) is 19.7 Å². The van der Waals surface area contributed by atoms with Gasteiger partial charge in [-0.15, -0.1) is 6.58 Å². The van der Waals surface area contributed by atoms with Crippen LogP contribution in [-0.4, -0.2) is 41.8 Å². The Bertz CT molecular complexity index is 216. The molecule has 0 fully saturated rings. The molecule has 0 unspecified atom stereocenters. The summed E-state index contributed by atoms with van der Waals surface area (Å²) in [5, 5.41) is 8.53.